The van der Waals surface area contributed by atoms with Crippen LogP contribution in [-0.4, -0.2) is 132 Å². The largest absolute Gasteiger partial charge is 0.512 e. The van der Waals surface area contributed by atoms with Crippen LogP contribution in [0.3, 0.4) is 0 Å². The highest BCUT2D eigenvalue weighted by Crippen LogP contribution is 2.17. The monoisotopic (exact) mass is 667 g/mol. The van der Waals surface area contributed by atoms with Gasteiger partial charge in [0.2, 0.25) is 0 Å². The van der Waals surface area contributed by atoms with Crippen molar-refractivity contribution >= 4 is 40.4 Å². The highest BCUT2D eigenvalue weighted by Gasteiger charge is 2.24. The van der Waals surface area contributed by atoms with Crippen LogP contribution in [0.15, 0.2) is 48.8 Å². The second kappa shape index (κ2) is 21.4. The average Bonchev–Trinajstić information content (AvgIpc) is 2.99. The van der Waals surface area contributed by atoms with Gasteiger partial charge >= 0.3 is 0 Å². The molecule has 1 unspecified atom stereocenters. The topological polar surface area (TPSA) is 132 Å². The van der Waals surface area contributed by atoms with Crippen LogP contribution in [0.4, 0.5) is 5.69 Å². The van der Waals surface area contributed by atoms with Gasteiger partial charge in [0.15, 0.2) is 5.11 Å². The Hall–Kier alpha value is -3.47. The number of aliphatic hydroxyl groups is 1. The van der Waals surface area contributed by atoms with Crippen LogP contribution in [0.2, 0.25) is 0 Å². The Labute approximate surface area is 286 Å². The molecule has 12 heteroatoms. The van der Waals surface area contributed by atoms with Crippen molar-refractivity contribution in [3.8, 4) is 6.07 Å². The molecule has 258 valence electrons. The van der Waals surface area contributed by atoms with E-state index in [1.54, 1.807) is 38.1 Å². The molecule has 1 aliphatic heterocycles. The molecule has 1 heterocycles. The lowest BCUT2D eigenvalue weighted by molar-refractivity contribution is -0.120. The van der Waals surface area contributed by atoms with Gasteiger partial charge in [-0.2, -0.15) is 5.26 Å². The molecule has 1 aromatic carbocycles. The molecule has 1 fully saturated rings. The molecule has 0 radical (unpaired) electrons. The summed E-state index contributed by atoms with van der Waals surface area (Å²) in [5.41, 5.74) is 2.34. The maximum Gasteiger partial charge on any atom is 0.170 e. The zero-order valence-corrected chi connectivity index (χ0v) is 29.2. The molecular formula is C35H53N7O4S. The molecule has 47 heavy (non-hydrogen) atoms. The van der Waals surface area contributed by atoms with Gasteiger partial charge in [-0.3, -0.25) is 34.0 Å². The van der Waals surface area contributed by atoms with E-state index in [4.69, 9.17) is 17.5 Å². The van der Waals surface area contributed by atoms with Crippen LogP contribution >= 0.6 is 12.2 Å². The molecule has 1 atom stereocenters. The van der Waals surface area contributed by atoms with E-state index in [0.717, 1.165) is 11.3 Å². The number of nitrogens with zero attached hydrogens (tertiary/aromatic N) is 5. The van der Waals surface area contributed by atoms with Crippen molar-refractivity contribution in [2.75, 3.05) is 83.9 Å². The SMILES string of the molecule is C=C(O)CN1CCN(CC(C)=O)CCN(C(CCC(=O)CCCNC(=S)Nc2ccc(C#N)cc2)C(=C)C)CCN(CC(C)=O)CC1. The minimum atomic E-state index is -0.0169. The smallest absolute Gasteiger partial charge is 0.170 e. The molecule has 1 aromatic rings. The number of carbonyl (C=O) groups excluding carboxylic acids is 3. The molecule has 1 aliphatic rings. The third kappa shape index (κ3) is 16.8. The Kier molecular flexibility index (Phi) is 18.1. The van der Waals surface area contributed by atoms with Crippen molar-refractivity contribution in [3.05, 3.63) is 54.3 Å². The summed E-state index contributed by atoms with van der Waals surface area (Å²) in [5.74, 6) is 0.462. The Morgan fingerprint density at radius 3 is 1.85 bits per heavy atom. The standard InChI is InChI=1S/C35H53N7O4S/c1-27(2)34(13-12-33(46)7-6-14-37-35(47)38-32-10-8-31(23-36)9-11-32)42-21-19-40(25-29(4)44)17-15-39(24-28(3)43)16-18-41(20-22-42)26-30(5)45/h8-11,34,43H,1,3,6-7,12-22,24-26H2,2,4-5H3,(H2,37,38,47). The number of benzene rings is 1. The zero-order chi connectivity index (χ0) is 34.8. The Bertz CT molecular complexity index is 1230. The summed E-state index contributed by atoms with van der Waals surface area (Å²) in [4.78, 5) is 45.9. The summed E-state index contributed by atoms with van der Waals surface area (Å²) in [7, 11) is 0. The van der Waals surface area contributed by atoms with Crippen molar-refractivity contribution in [1.29, 1.82) is 5.26 Å². The van der Waals surface area contributed by atoms with E-state index >= 15 is 0 Å². The average molecular weight is 668 g/mol. The van der Waals surface area contributed by atoms with Gasteiger partial charge in [-0.05, 0) is 70.1 Å². The summed E-state index contributed by atoms with van der Waals surface area (Å²) in [6.45, 7) is 20.0. The number of hydrogen-bond acceptors (Lipinski definition) is 10. The van der Waals surface area contributed by atoms with E-state index in [-0.39, 0.29) is 29.2 Å². The number of anilines is 1. The number of nitrogens with one attached hydrogen (secondary N) is 2. The normalized spacial score (nSPS) is 16.6. The maximum absolute atomic E-state index is 12.9. The third-order valence-corrected chi connectivity index (χ3v) is 8.31. The quantitative estimate of drug-likeness (QED) is 0.103. The summed E-state index contributed by atoms with van der Waals surface area (Å²) >= 11 is 5.35. The van der Waals surface area contributed by atoms with Crippen LogP contribution in [-0.2, 0) is 14.4 Å². The van der Waals surface area contributed by atoms with Gasteiger partial charge in [-0.1, -0.05) is 18.7 Å². The van der Waals surface area contributed by atoms with E-state index in [2.05, 4.69) is 49.5 Å². The molecule has 11 nitrogen and oxygen atoms in total. The summed E-state index contributed by atoms with van der Waals surface area (Å²) in [5, 5.41) is 25.5. The first-order valence-electron chi connectivity index (χ1n) is 16.3. The lowest BCUT2D eigenvalue weighted by atomic mass is 9.99. The van der Waals surface area contributed by atoms with Gasteiger partial charge in [-0.25, -0.2) is 0 Å². The van der Waals surface area contributed by atoms with Crippen molar-refractivity contribution in [2.45, 2.75) is 52.5 Å². The molecule has 0 bridgehead atoms. The van der Waals surface area contributed by atoms with Gasteiger partial charge in [0.25, 0.3) is 0 Å². The first-order valence-corrected chi connectivity index (χ1v) is 16.8. The number of aliphatic hydroxyl groups excluding tert-OH is 1. The molecule has 0 aromatic heterocycles. The van der Waals surface area contributed by atoms with E-state index in [1.807, 2.05) is 6.92 Å². The first-order chi connectivity index (χ1) is 22.4. The molecule has 1 saturated heterocycles. The second-order valence-electron chi connectivity index (χ2n) is 12.4. The van der Waals surface area contributed by atoms with E-state index in [1.165, 1.54) is 0 Å². The van der Waals surface area contributed by atoms with Gasteiger partial charge in [-0.15, -0.1) is 0 Å². The number of ketones is 3. The van der Waals surface area contributed by atoms with Crippen molar-refractivity contribution < 1.29 is 19.5 Å². The molecule has 3 N–H and O–H groups in total. The minimum Gasteiger partial charge on any atom is -0.512 e. The summed E-state index contributed by atoms with van der Waals surface area (Å²) in [6, 6.07) is 9.09. The van der Waals surface area contributed by atoms with E-state index in [0.29, 0.717) is 115 Å². The Morgan fingerprint density at radius 2 is 1.38 bits per heavy atom. The molecular weight excluding hydrogens is 614 g/mol. The fourth-order valence-corrected chi connectivity index (χ4v) is 5.90. The molecule has 0 amide bonds. The zero-order valence-electron chi connectivity index (χ0n) is 28.4. The fourth-order valence-electron chi connectivity index (χ4n) is 5.68. The van der Waals surface area contributed by atoms with E-state index in [9.17, 15) is 19.5 Å². The number of nitriles is 1. The van der Waals surface area contributed by atoms with Crippen molar-refractivity contribution in [2.24, 2.45) is 0 Å². The Morgan fingerprint density at radius 1 is 0.872 bits per heavy atom. The van der Waals surface area contributed by atoms with E-state index < -0.39 is 0 Å². The second-order valence-corrected chi connectivity index (χ2v) is 12.9. The summed E-state index contributed by atoms with van der Waals surface area (Å²) < 4.78 is 0. The predicted octanol–water partition coefficient (Wildman–Crippen LogP) is 3.39. The number of rotatable bonds is 16. The van der Waals surface area contributed by atoms with Crippen molar-refractivity contribution in [1.82, 2.24) is 24.9 Å². The number of Topliss-reactive ketones (excluding diaryl/α,β-unsaturated/α-hetero) is 3. The third-order valence-electron chi connectivity index (χ3n) is 8.07. The predicted molar refractivity (Wildman–Crippen MR) is 191 cm³/mol. The van der Waals surface area contributed by atoms with Gasteiger partial charge < -0.3 is 15.7 Å². The number of carbonyl (C=O) groups is 3. The number of thiocarbonyl (C=S) groups is 1. The van der Waals surface area contributed by atoms with Crippen molar-refractivity contribution in [3.63, 3.8) is 0 Å². The molecule has 0 aliphatic carbocycles. The fraction of sp³-hybridized carbons (Fsp3) is 0.571. The lowest BCUT2D eigenvalue weighted by Crippen LogP contribution is -2.50. The van der Waals surface area contributed by atoms with Crippen LogP contribution in [0.25, 0.3) is 0 Å². The number of hydrogen-bond donors (Lipinski definition) is 3. The van der Waals surface area contributed by atoms with Crippen LogP contribution < -0.4 is 10.6 Å². The minimum absolute atomic E-state index is 0.0169. The van der Waals surface area contributed by atoms with Gasteiger partial charge in [0, 0.05) is 83.5 Å². The highest BCUT2D eigenvalue weighted by atomic mass is 32.1. The highest BCUT2D eigenvalue weighted by molar-refractivity contribution is 7.80. The lowest BCUT2D eigenvalue weighted by Gasteiger charge is -2.37. The summed E-state index contributed by atoms with van der Waals surface area (Å²) in [6.07, 6.45) is 2.16. The molecule has 2 rings (SSSR count). The Balaban J connectivity index is 1.99. The van der Waals surface area contributed by atoms with Crippen LogP contribution in [0.5, 0.6) is 0 Å². The van der Waals surface area contributed by atoms with Gasteiger partial charge in [0.05, 0.1) is 37.0 Å². The van der Waals surface area contributed by atoms with Gasteiger partial charge in [0.1, 0.15) is 17.3 Å². The first kappa shape index (κ1) is 39.7. The van der Waals surface area contributed by atoms with Crippen LogP contribution in [0, 0.1) is 11.3 Å². The molecule has 0 saturated carbocycles. The van der Waals surface area contributed by atoms with Crippen LogP contribution in [0.1, 0.15) is 52.0 Å². The maximum atomic E-state index is 12.9. The molecule has 0 spiro atoms.